The number of hydrogen-bond acceptors (Lipinski definition) is 5. The number of nitrogens with zero attached hydrogens (tertiary/aromatic N) is 2. The Morgan fingerprint density at radius 1 is 1.10 bits per heavy atom. The number of halogens is 2. The molecule has 0 amide bonds. The summed E-state index contributed by atoms with van der Waals surface area (Å²) in [5, 5.41) is 3.04. The lowest BCUT2D eigenvalue weighted by Crippen LogP contribution is -2.13. The number of nitrogens with two attached hydrogens (primary N) is 1. The number of aromatic nitrogens is 2. The van der Waals surface area contributed by atoms with E-state index in [4.69, 9.17) is 5.84 Å². The molecule has 0 saturated carbocycles. The Bertz CT molecular complexity index is 631. The van der Waals surface area contributed by atoms with Crippen LogP contribution in [0.3, 0.4) is 0 Å². The molecule has 1 aromatic carbocycles. The first kappa shape index (κ1) is 15.1. The van der Waals surface area contributed by atoms with E-state index in [1.165, 1.54) is 6.07 Å². The molecule has 0 bridgehead atoms. The first-order chi connectivity index (χ1) is 9.99. The largest absolute Gasteiger partial charge is 0.366 e. The average molecular weight is 293 g/mol. The van der Waals surface area contributed by atoms with Gasteiger partial charge >= 0.3 is 0 Å². The van der Waals surface area contributed by atoms with Gasteiger partial charge in [-0.3, -0.25) is 0 Å². The van der Waals surface area contributed by atoms with Crippen molar-refractivity contribution in [3.8, 4) is 0 Å². The van der Waals surface area contributed by atoms with Crippen LogP contribution in [-0.4, -0.2) is 9.97 Å². The fraction of sp³-hybridized carbons (Fsp3) is 0.286. The minimum Gasteiger partial charge on any atom is -0.366 e. The highest BCUT2D eigenvalue weighted by molar-refractivity contribution is 5.47. The van der Waals surface area contributed by atoms with Crippen LogP contribution in [0.4, 0.5) is 20.4 Å². The monoisotopic (exact) mass is 293 g/mol. The summed E-state index contributed by atoms with van der Waals surface area (Å²) in [6.07, 6.45) is 0. The van der Waals surface area contributed by atoms with E-state index >= 15 is 0 Å². The number of nitrogen functional groups attached to an aromatic ring is 1. The highest BCUT2D eigenvalue weighted by atomic mass is 19.2. The predicted octanol–water partition coefficient (Wildman–Crippen LogP) is 2.78. The van der Waals surface area contributed by atoms with Gasteiger partial charge < -0.3 is 10.7 Å². The van der Waals surface area contributed by atoms with Gasteiger partial charge in [-0.25, -0.2) is 24.6 Å². The molecular formula is C14H17F2N5. The quantitative estimate of drug-likeness (QED) is 0.584. The van der Waals surface area contributed by atoms with Crippen molar-refractivity contribution in [3.63, 3.8) is 0 Å². The topological polar surface area (TPSA) is 75.9 Å². The van der Waals surface area contributed by atoms with Gasteiger partial charge in [0.2, 0.25) is 0 Å². The second kappa shape index (κ2) is 6.45. The summed E-state index contributed by atoms with van der Waals surface area (Å²) in [5.74, 6) is 5.46. The second-order valence-electron chi connectivity index (χ2n) is 4.90. The third-order valence-corrected chi connectivity index (χ3v) is 2.87. The normalized spacial score (nSPS) is 10.8. The van der Waals surface area contributed by atoms with Crippen LogP contribution in [0.1, 0.15) is 31.2 Å². The summed E-state index contributed by atoms with van der Waals surface area (Å²) in [7, 11) is 0. The third kappa shape index (κ3) is 3.85. The molecule has 21 heavy (non-hydrogen) atoms. The maximum Gasteiger partial charge on any atom is 0.159 e. The first-order valence-electron chi connectivity index (χ1n) is 6.53. The molecule has 1 aromatic heterocycles. The molecule has 1 heterocycles. The highest BCUT2D eigenvalue weighted by Gasteiger charge is 2.08. The maximum atomic E-state index is 13.1. The van der Waals surface area contributed by atoms with Gasteiger partial charge in [-0.15, -0.1) is 0 Å². The zero-order chi connectivity index (χ0) is 15.4. The fourth-order valence-electron chi connectivity index (χ4n) is 1.73. The first-order valence-corrected chi connectivity index (χ1v) is 6.53. The number of hydrogen-bond donors (Lipinski definition) is 3. The lowest BCUT2D eigenvalue weighted by atomic mass is 10.2. The summed E-state index contributed by atoms with van der Waals surface area (Å²) >= 11 is 0. The van der Waals surface area contributed by atoms with Crippen LogP contribution in [0.5, 0.6) is 0 Å². The van der Waals surface area contributed by atoms with Crippen LogP contribution in [-0.2, 0) is 6.54 Å². The van der Waals surface area contributed by atoms with Crippen LogP contribution in [0.15, 0.2) is 24.3 Å². The van der Waals surface area contributed by atoms with Crippen LogP contribution < -0.4 is 16.6 Å². The minimum absolute atomic E-state index is 0.141. The Hall–Kier alpha value is -2.28. The van der Waals surface area contributed by atoms with Crippen molar-refractivity contribution in [1.82, 2.24) is 9.97 Å². The van der Waals surface area contributed by atoms with Gasteiger partial charge in [0.1, 0.15) is 17.5 Å². The Kier molecular flexibility index (Phi) is 4.64. The minimum atomic E-state index is -0.871. The van der Waals surface area contributed by atoms with Crippen molar-refractivity contribution in [3.05, 3.63) is 47.3 Å². The van der Waals surface area contributed by atoms with Gasteiger partial charge in [-0.05, 0) is 17.7 Å². The molecule has 0 radical (unpaired) electrons. The molecule has 7 heteroatoms. The molecule has 4 N–H and O–H groups in total. The van der Waals surface area contributed by atoms with Crippen LogP contribution >= 0.6 is 0 Å². The number of anilines is 2. The van der Waals surface area contributed by atoms with Gasteiger partial charge in [-0.2, -0.15) is 0 Å². The molecule has 0 aliphatic carbocycles. The predicted molar refractivity (Wildman–Crippen MR) is 77.6 cm³/mol. The van der Waals surface area contributed by atoms with E-state index < -0.39 is 11.6 Å². The van der Waals surface area contributed by atoms with Gasteiger partial charge in [-0.1, -0.05) is 19.9 Å². The van der Waals surface area contributed by atoms with Crippen LogP contribution in [0, 0.1) is 11.6 Å². The second-order valence-corrected chi connectivity index (χ2v) is 4.90. The lowest BCUT2D eigenvalue weighted by molar-refractivity contribution is 0.507. The maximum absolute atomic E-state index is 13.1. The molecule has 5 nitrogen and oxygen atoms in total. The van der Waals surface area contributed by atoms with Crippen molar-refractivity contribution >= 4 is 11.6 Å². The molecule has 2 aromatic rings. The van der Waals surface area contributed by atoms with Gasteiger partial charge in [0.05, 0.1) is 0 Å². The molecule has 2 rings (SSSR count). The molecule has 0 aliphatic heterocycles. The molecule has 0 unspecified atom stereocenters. The van der Waals surface area contributed by atoms with Crippen molar-refractivity contribution in [1.29, 1.82) is 0 Å². The zero-order valence-corrected chi connectivity index (χ0v) is 11.8. The lowest BCUT2D eigenvalue weighted by Gasteiger charge is -2.11. The number of benzene rings is 1. The van der Waals surface area contributed by atoms with E-state index in [-0.39, 0.29) is 5.92 Å². The number of nitrogens with one attached hydrogen (secondary N) is 2. The van der Waals surface area contributed by atoms with E-state index in [2.05, 4.69) is 20.7 Å². The van der Waals surface area contributed by atoms with Gasteiger partial charge in [0.15, 0.2) is 11.6 Å². The Labute approximate surface area is 121 Å². The van der Waals surface area contributed by atoms with Gasteiger partial charge in [0.25, 0.3) is 0 Å². The molecule has 0 aliphatic rings. The smallest absolute Gasteiger partial charge is 0.159 e. The van der Waals surface area contributed by atoms with E-state index in [0.717, 1.165) is 12.1 Å². The standard InChI is InChI=1S/C14H17F2N5/c1-8(2)14-19-12(6-13(20-14)21-17)18-7-9-3-4-10(15)11(16)5-9/h3-6,8H,7,17H2,1-2H3,(H2,18,19,20,21). The molecule has 0 spiro atoms. The molecule has 112 valence electrons. The van der Waals surface area contributed by atoms with E-state index in [1.807, 2.05) is 13.8 Å². The average Bonchev–Trinajstić information content (AvgIpc) is 2.48. The van der Waals surface area contributed by atoms with Crippen molar-refractivity contribution in [2.45, 2.75) is 26.3 Å². The van der Waals surface area contributed by atoms with E-state index in [9.17, 15) is 8.78 Å². The molecule has 0 saturated heterocycles. The Balaban J connectivity index is 2.15. The molecular weight excluding hydrogens is 276 g/mol. The summed E-state index contributed by atoms with van der Waals surface area (Å²) in [6, 6.07) is 5.40. The molecule has 0 fully saturated rings. The van der Waals surface area contributed by atoms with Crippen molar-refractivity contribution in [2.24, 2.45) is 5.84 Å². The highest BCUT2D eigenvalue weighted by Crippen LogP contribution is 2.17. The van der Waals surface area contributed by atoms with Crippen molar-refractivity contribution < 1.29 is 8.78 Å². The fourth-order valence-corrected chi connectivity index (χ4v) is 1.73. The summed E-state index contributed by atoms with van der Waals surface area (Å²) in [5.41, 5.74) is 3.09. The Morgan fingerprint density at radius 2 is 1.81 bits per heavy atom. The van der Waals surface area contributed by atoms with Gasteiger partial charge in [0, 0.05) is 18.5 Å². The van der Waals surface area contributed by atoms with Crippen LogP contribution in [0.25, 0.3) is 0 Å². The van der Waals surface area contributed by atoms with Crippen molar-refractivity contribution in [2.75, 3.05) is 10.7 Å². The summed E-state index contributed by atoms with van der Waals surface area (Å²) in [6.45, 7) is 4.25. The van der Waals surface area contributed by atoms with E-state index in [0.29, 0.717) is 29.6 Å². The van der Waals surface area contributed by atoms with E-state index in [1.54, 1.807) is 6.07 Å². The summed E-state index contributed by atoms with van der Waals surface area (Å²) in [4.78, 5) is 8.59. The van der Waals surface area contributed by atoms with Crippen LogP contribution in [0.2, 0.25) is 0 Å². The SMILES string of the molecule is CC(C)c1nc(NN)cc(NCc2ccc(F)c(F)c2)n1. The number of hydrazine groups is 1. The summed E-state index contributed by atoms with van der Waals surface area (Å²) < 4.78 is 26.0. The number of rotatable bonds is 5. The third-order valence-electron chi connectivity index (χ3n) is 2.87. The Morgan fingerprint density at radius 3 is 2.43 bits per heavy atom. The molecule has 0 atom stereocenters. The zero-order valence-electron chi connectivity index (χ0n) is 11.8.